The molecule has 1 aromatic rings. The molecule has 0 aliphatic carbocycles. The number of methoxy groups -OCH3 is 1. The number of rotatable bonds is 2. The summed E-state index contributed by atoms with van der Waals surface area (Å²) in [7, 11) is -2.49. The van der Waals surface area contributed by atoms with Gasteiger partial charge < -0.3 is 4.74 Å². The standard InChI is InChI=1S/C8H8O2/c1-10-8-4-2-7(6-9)3-5-8/h2-6H,1H3/i1D3,6D. The second-order valence-electron chi connectivity index (χ2n) is 1.73. The molecule has 2 nitrogen and oxygen atoms in total. The van der Waals surface area contributed by atoms with Crippen molar-refractivity contribution in [1.82, 2.24) is 0 Å². The Bertz CT molecular complexity index is 328. The predicted molar refractivity (Wildman–Crippen MR) is 38.4 cm³/mol. The van der Waals surface area contributed by atoms with Crippen LogP contribution < -0.4 is 4.74 Å². The zero-order valence-corrected chi connectivity index (χ0v) is 5.13. The van der Waals surface area contributed by atoms with Crippen LogP contribution in [0.4, 0.5) is 0 Å². The molecule has 52 valence electrons. The smallest absolute Gasteiger partial charge is 0.150 e. The molecule has 0 fully saturated rings. The fourth-order valence-electron chi connectivity index (χ4n) is 0.591. The van der Waals surface area contributed by atoms with Crippen molar-refractivity contribution in [3.63, 3.8) is 0 Å². The van der Waals surface area contributed by atoms with Crippen LogP contribution in [-0.2, 0) is 0 Å². The molecule has 10 heavy (non-hydrogen) atoms. The number of ether oxygens (including phenoxy) is 1. The molecule has 0 aliphatic rings. The third kappa shape index (κ3) is 1.35. The maximum absolute atomic E-state index is 10.6. The Morgan fingerprint density at radius 2 is 2.30 bits per heavy atom. The van der Waals surface area contributed by atoms with Gasteiger partial charge in [-0.05, 0) is 24.3 Å². The van der Waals surface area contributed by atoms with E-state index in [1.165, 1.54) is 24.3 Å². The van der Waals surface area contributed by atoms with Gasteiger partial charge in [-0.25, -0.2) is 0 Å². The molecule has 0 aliphatic heterocycles. The number of benzene rings is 1. The second-order valence-corrected chi connectivity index (χ2v) is 1.73. The molecule has 1 rings (SSSR count). The van der Waals surface area contributed by atoms with E-state index in [-0.39, 0.29) is 11.3 Å². The number of carbonyl (C=O) groups excluding carboxylic acids is 1. The molecule has 0 atom stereocenters. The topological polar surface area (TPSA) is 26.3 Å². The normalized spacial score (nSPS) is 16.0. The minimum atomic E-state index is -2.49. The van der Waals surface area contributed by atoms with Crippen molar-refractivity contribution in [1.29, 1.82) is 0 Å². The fourth-order valence-corrected chi connectivity index (χ4v) is 0.591. The van der Waals surface area contributed by atoms with Crippen LogP contribution in [0.25, 0.3) is 0 Å². The van der Waals surface area contributed by atoms with Gasteiger partial charge in [-0.3, -0.25) is 4.79 Å². The largest absolute Gasteiger partial charge is 0.497 e. The van der Waals surface area contributed by atoms with Crippen molar-refractivity contribution in [3.05, 3.63) is 29.8 Å². The summed E-state index contributed by atoms with van der Waals surface area (Å²) in [4.78, 5) is 10.6. The Hall–Kier alpha value is -1.31. The van der Waals surface area contributed by atoms with Crippen LogP contribution in [0.5, 0.6) is 5.75 Å². The second kappa shape index (κ2) is 3.01. The summed E-state index contributed by atoms with van der Waals surface area (Å²) in [6.45, 7) is 0. The van der Waals surface area contributed by atoms with E-state index < -0.39 is 13.3 Å². The first kappa shape index (κ1) is 3.19. The van der Waals surface area contributed by atoms with Crippen LogP contribution in [0.15, 0.2) is 24.3 Å². The molecule has 0 radical (unpaired) electrons. The molecule has 0 saturated heterocycles. The van der Waals surface area contributed by atoms with Gasteiger partial charge in [0.2, 0.25) is 0 Å². The number of hydrogen-bond acceptors (Lipinski definition) is 2. The van der Waals surface area contributed by atoms with Gasteiger partial charge >= 0.3 is 0 Å². The van der Waals surface area contributed by atoms with Gasteiger partial charge in [0.05, 0.1) is 11.2 Å². The molecule has 0 spiro atoms. The molecule has 0 unspecified atom stereocenters. The van der Waals surface area contributed by atoms with E-state index in [0.29, 0.717) is 0 Å². The van der Waals surface area contributed by atoms with Gasteiger partial charge in [0.15, 0.2) is 0 Å². The van der Waals surface area contributed by atoms with Crippen LogP contribution in [0.1, 0.15) is 15.8 Å². The average Bonchev–Trinajstić information content (AvgIpc) is 2.02. The van der Waals surface area contributed by atoms with E-state index in [0.717, 1.165) is 0 Å². The highest BCUT2D eigenvalue weighted by Gasteiger charge is 1.89. The van der Waals surface area contributed by atoms with Crippen LogP contribution in [0.3, 0.4) is 0 Å². The summed E-state index contributed by atoms with van der Waals surface area (Å²) in [5.74, 6) is 0.148. The monoisotopic (exact) mass is 140 g/mol. The van der Waals surface area contributed by atoms with E-state index in [1.807, 2.05) is 0 Å². The van der Waals surface area contributed by atoms with Crippen LogP contribution in [-0.4, -0.2) is 13.3 Å². The van der Waals surface area contributed by atoms with Gasteiger partial charge in [0.25, 0.3) is 0 Å². The summed E-state index contributed by atoms with van der Waals surface area (Å²) in [6.07, 6.45) is -0.814. The van der Waals surface area contributed by atoms with Crippen molar-refractivity contribution in [2.45, 2.75) is 0 Å². The van der Waals surface area contributed by atoms with Gasteiger partial charge in [0.1, 0.15) is 13.4 Å². The van der Waals surface area contributed by atoms with E-state index in [9.17, 15) is 4.79 Å². The van der Waals surface area contributed by atoms with E-state index in [4.69, 9.17) is 5.48 Å². The van der Waals surface area contributed by atoms with Gasteiger partial charge in [-0.15, -0.1) is 0 Å². The highest BCUT2D eigenvalue weighted by Crippen LogP contribution is 2.09. The highest BCUT2D eigenvalue weighted by molar-refractivity contribution is 5.74. The Morgan fingerprint density at radius 3 is 2.80 bits per heavy atom. The summed E-state index contributed by atoms with van der Waals surface area (Å²) in [5.41, 5.74) is 0.197. The fraction of sp³-hybridized carbons (Fsp3) is 0.125. The van der Waals surface area contributed by atoms with Crippen molar-refractivity contribution < 1.29 is 15.0 Å². The van der Waals surface area contributed by atoms with Crippen LogP contribution >= 0.6 is 0 Å². The lowest BCUT2D eigenvalue weighted by Gasteiger charge is -1.96. The zero-order valence-electron chi connectivity index (χ0n) is 9.13. The first-order valence-electron chi connectivity index (χ1n) is 4.68. The summed E-state index contributed by atoms with van der Waals surface area (Å²) >= 11 is 0. The van der Waals surface area contributed by atoms with E-state index in [1.54, 1.807) is 0 Å². The molecule has 0 aromatic heterocycles. The van der Waals surface area contributed by atoms with Crippen LogP contribution in [0, 0.1) is 0 Å². The van der Waals surface area contributed by atoms with E-state index in [2.05, 4.69) is 4.74 Å². The van der Waals surface area contributed by atoms with Crippen molar-refractivity contribution >= 4 is 6.26 Å². The maximum atomic E-state index is 10.6. The van der Waals surface area contributed by atoms with Gasteiger partial charge in [-0.2, -0.15) is 0 Å². The molecular weight excluding hydrogens is 128 g/mol. The number of aldehydes is 1. The first-order chi connectivity index (χ1) is 6.38. The summed E-state index contributed by atoms with van der Waals surface area (Å²) < 4.78 is 31.8. The van der Waals surface area contributed by atoms with Crippen molar-refractivity contribution in [3.8, 4) is 5.75 Å². The Morgan fingerprint density at radius 1 is 1.60 bits per heavy atom. The lowest BCUT2D eigenvalue weighted by molar-refractivity contribution is 0.112. The molecule has 0 N–H and O–H groups in total. The predicted octanol–water partition coefficient (Wildman–Crippen LogP) is 1.51. The molecular formula is C8H8O2. The van der Waals surface area contributed by atoms with Gasteiger partial charge in [0, 0.05) is 5.56 Å². The average molecular weight is 140 g/mol. The summed E-state index contributed by atoms with van der Waals surface area (Å²) in [5, 5.41) is 0. The lowest BCUT2D eigenvalue weighted by atomic mass is 10.2. The third-order valence-corrected chi connectivity index (χ3v) is 1.09. The zero-order chi connectivity index (χ0) is 10.8. The molecule has 0 saturated carbocycles. The molecule has 2 heteroatoms. The Balaban J connectivity index is 2.79. The molecule has 1 aromatic carbocycles. The lowest BCUT2D eigenvalue weighted by Crippen LogP contribution is -1.82. The van der Waals surface area contributed by atoms with Crippen LogP contribution in [0.2, 0.25) is 0 Å². The minimum Gasteiger partial charge on any atom is -0.497 e. The molecule has 0 amide bonds. The SMILES string of the molecule is [2H]C(=O)c1ccc(OC([2H])([2H])[2H])cc1. The third-order valence-electron chi connectivity index (χ3n) is 1.09. The summed E-state index contributed by atoms with van der Waals surface area (Å²) in [6, 6.07) is 5.37. The molecule has 0 bridgehead atoms. The molecule has 0 heterocycles. The Kier molecular flexibility index (Phi) is 0.961. The van der Waals surface area contributed by atoms with Crippen molar-refractivity contribution in [2.75, 3.05) is 7.04 Å². The number of hydrogen-bond donors (Lipinski definition) is 0. The number of carbonyl (C=O) groups is 1. The van der Waals surface area contributed by atoms with E-state index >= 15 is 0 Å². The van der Waals surface area contributed by atoms with Gasteiger partial charge in [-0.1, -0.05) is 0 Å². The minimum absolute atomic E-state index is 0.148. The quantitative estimate of drug-likeness (QED) is 0.582. The maximum Gasteiger partial charge on any atom is 0.150 e. The highest BCUT2D eigenvalue weighted by atomic mass is 16.5. The van der Waals surface area contributed by atoms with Crippen molar-refractivity contribution in [2.24, 2.45) is 0 Å². The Labute approximate surface area is 65.1 Å². The first-order valence-corrected chi connectivity index (χ1v) is 2.68.